The first kappa shape index (κ1) is 13.5. The Morgan fingerprint density at radius 1 is 1.50 bits per heavy atom. The number of nitrogens with one attached hydrogen (secondary N) is 1. The summed E-state index contributed by atoms with van der Waals surface area (Å²) < 4.78 is 1.93. The van der Waals surface area contributed by atoms with Crippen LogP contribution in [0.15, 0.2) is 6.33 Å². The Labute approximate surface area is 109 Å². The highest BCUT2D eigenvalue weighted by atomic mass is 16.3. The molecule has 5 heteroatoms. The lowest BCUT2D eigenvalue weighted by molar-refractivity contribution is 0.141. The van der Waals surface area contributed by atoms with E-state index in [1.807, 2.05) is 11.6 Å². The fraction of sp³-hybridized carbons (Fsp3) is 0.846. The second-order valence-electron chi connectivity index (χ2n) is 5.35. The Hall–Kier alpha value is -0.940. The van der Waals surface area contributed by atoms with Crippen molar-refractivity contribution in [3.63, 3.8) is 0 Å². The minimum absolute atomic E-state index is 0.201. The van der Waals surface area contributed by atoms with E-state index in [1.165, 1.54) is 25.7 Å². The van der Waals surface area contributed by atoms with Crippen LogP contribution in [0.2, 0.25) is 0 Å². The quantitative estimate of drug-likeness (QED) is 0.707. The van der Waals surface area contributed by atoms with Gasteiger partial charge in [-0.25, -0.2) is 0 Å². The zero-order chi connectivity index (χ0) is 12.8. The van der Waals surface area contributed by atoms with E-state index in [1.54, 1.807) is 6.33 Å². The smallest absolute Gasteiger partial charge is 0.133 e. The Kier molecular flexibility index (Phi) is 5.13. The van der Waals surface area contributed by atoms with Crippen molar-refractivity contribution >= 4 is 0 Å². The molecule has 0 bridgehead atoms. The Morgan fingerprint density at radius 3 is 2.94 bits per heavy atom. The molecule has 1 fully saturated rings. The van der Waals surface area contributed by atoms with Crippen molar-refractivity contribution in [2.45, 2.75) is 44.6 Å². The van der Waals surface area contributed by atoms with Crippen LogP contribution in [-0.4, -0.2) is 39.1 Å². The molecule has 1 heterocycles. The number of aliphatic hydroxyl groups is 1. The molecule has 5 nitrogen and oxygen atoms in total. The minimum Gasteiger partial charge on any atom is -0.392 e. The average molecular weight is 252 g/mol. The van der Waals surface area contributed by atoms with Crippen molar-refractivity contribution < 1.29 is 5.11 Å². The normalized spacial score (nSPS) is 18.3. The van der Waals surface area contributed by atoms with Crippen LogP contribution in [0, 0.1) is 5.92 Å². The molecule has 1 aliphatic rings. The number of hydrogen-bond acceptors (Lipinski definition) is 4. The van der Waals surface area contributed by atoms with Crippen molar-refractivity contribution in [3.8, 4) is 0 Å². The van der Waals surface area contributed by atoms with Gasteiger partial charge in [-0.2, -0.15) is 0 Å². The second-order valence-corrected chi connectivity index (χ2v) is 5.35. The molecule has 1 aromatic rings. The Balaban J connectivity index is 1.56. The fourth-order valence-electron chi connectivity index (χ4n) is 2.72. The molecule has 1 atom stereocenters. The molecule has 0 aliphatic heterocycles. The van der Waals surface area contributed by atoms with Crippen LogP contribution >= 0.6 is 0 Å². The third-order valence-corrected chi connectivity index (χ3v) is 3.79. The van der Waals surface area contributed by atoms with Crippen LogP contribution < -0.4 is 5.32 Å². The predicted molar refractivity (Wildman–Crippen MR) is 70.2 cm³/mol. The summed E-state index contributed by atoms with van der Waals surface area (Å²) in [6, 6.07) is 0. The van der Waals surface area contributed by atoms with Crippen LogP contribution in [0.4, 0.5) is 0 Å². The number of aromatic nitrogens is 3. The SMILES string of the molecule is Cn1cnnc1CCNCC(O)CC1CCCC1. The largest absolute Gasteiger partial charge is 0.392 e. The monoisotopic (exact) mass is 252 g/mol. The highest BCUT2D eigenvalue weighted by molar-refractivity contribution is 4.85. The van der Waals surface area contributed by atoms with Gasteiger partial charge in [0.25, 0.3) is 0 Å². The first-order valence-corrected chi connectivity index (χ1v) is 6.97. The molecule has 1 aromatic heterocycles. The molecule has 0 amide bonds. The molecule has 0 radical (unpaired) electrons. The second kappa shape index (κ2) is 6.85. The average Bonchev–Trinajstić information content (AvgIpc) is 2.97. The van der Waals surface area contributed by atoms with Gasteiger partial charge in [-0.3, -0.25) is 0 Å². The molecule has 2 rings (SSSR count). The van der Waals surface area contributed by atoms with Crippen molar-refractivity contribution in [2.24, 2.45) is 13.0 Å². The number of aryl methyl sites for hydroxylation is 1. The number of nitrogens with zero attached hydrogens (tertiary/aromatic N) is 3. The van der Waals surface area contributed by atoms with E-state index in [9.17, 15) is 5.11 Å². The summed E-state index contributed by atoms with van der Waals surface area (Å²) in [7, 11) is 1.95. The molecule has 102 valence electrons. The van der Waals surface area contributed by atoms with Gasteiger partial charge in [0, 0.05) is 26.6 Å². The summed E-state index contributed by atoms with van der Waals surface area (Å²) in [5.74, 6) is 1.73. The van der Waals surface area contributed by atoms with Gasteiger partial charge in [-0.05, 0) is 12.3 Å². The van der Waals surface area contributed by atoms with Crippen LogP contribution in [0.5, 0.6) is 0 Å². The van der Waals surface area contributed by atoms with E-state index in [0.29, 0.717) is 6.54 Å². The van der Waals surface area contributed by atoms with E-state index >= 15 is 0 Å². The van der Waals surface area contributed by atoms with Gasteiger partial charge in [-0.1, -0.05) is 25.7 Å². The summed E-state index contributed by atoms with van der Waals surface area (Å²) >= 11 is 0. The molecule has 0 saturated heterocycles. The van der Waals surface area contributed by atoms with Crippen LogP contribution in [0.3, 0.4) is 0 Å². The highest BCUT2D eigenvalue weighted by Gasteiger charge is 2.18. The summed E-state index contributed by atoms with van der Waals surface area (Å²) in [5, 5.41) is 21.1. The van der Waals surface area contributed by atoms with Gasteiger partial charge in [0.05, 0.1) is 6.10 Å². The highest BCUT2D eigenvalue weighted by Crippen LogP contribution is 2.28. The van der Waals surface area contributed by atoms with Crippen LogP contribution in [-0.2, 0) is 13.5 Å². The molecular weight excluding hydrogens is 228 g/mol. The van der Waals surface area contributed by atoms with Gasteiger partial charge in [0.15, 0.2) is 0 Å². The molecule has 0 aromatic carbocycles. The summed E-state index contributed by atoms with van der Waals surface area (Å²) in [6.45, 7) is 1.53. The van der Waals surface area contributed by atoms with Crippen LogP contribution in [0.25, 0.3) is 0 Å². The van der Waals surface area contributed by atoms with E-state index in [0.717, 1.165) is 31.1 Å². The Bertz CT molecular complexity index is 347. The maximum absolute atomic E-state index is 9.93. The minimum atomic E-state index is -0.201. The summed E-state index contributed by atoms with van der Waals surface area (Å²) in [6.07, 6.45) is 8.61. The Morgan fingerprint density at radius 2 is 2.28 bits per heavy atom. The standard InChI is InChI=1S/C13H24N4O/c1-17-10-15-16-13(17)6-7-14-9-12(18)8-11-4-2-3-5-11/h10-12,14,18H,2-9H2,1H3. The molecular formula is C13H24N4O. The van der Waals surface area contributed by atoms with Gasteiger partial charge in [0.2, 0.25) is 0 Å². The molecule has 0 spiro atoms. The van der Waals surface area contributed by atoms with Gasteiger partial charge >= 0.3 is 0 Å². The third kappa shape index (κ3) is 4.07. The maximum Gasteiger partial charge on any atom is 0.133 e. The lowest BCUT2D eigenvalue weighted by atomic mass is 10.0. The lowest BCUT2D eigenvalue weighted by Crippen LogP contribution is -2.30. The van der Waals surface area contributed by atoms with E-state index in [4.69, 9.17) is 0 Å². The van der Waals surface area contributed by atoms with Crippen molar-refractivity contribution in [1.82, 2.24) is 20.1 Å². The zero-order valence-electron chi connectivity index (χ0n) is 11.2. The summed E-state index contributed by atoms with van der Waals surface area (Å²) in [5.41, 5.74) is 0. The van der Waals surface area contributed by atoms with Crippen molar-refractivity contribution in [2.75, 3.05) is 13.1 Å². The van der Waals surface area contributed by atoms with Crippen LogP contribution in [0.1, 0.15) is 37.9 Å². The first-order valence-electron chi connectivity index (χ1n) is 6.97. The maximum atomic E-state index is 9.93. The van der Waals surface area contributed by atoms with E-state index in [-0.39, 0.29) is 6.10 Å². The summed E-state index contributed by atoms with van der Waals surface area (Å²) in [4.78, 5) is 0. The topological polar surface area (TPSA) is 63.0 Å². The molecule has 1 unspecified atom stereocenters. The lowest BCUT2D eigenvalue weighted by Gasteiger charge is -2.15. The van der Waals surface area contributed by atoms with Gasteiger partial charge in [-0.15, -0.1) is 10.2 Å². The zero-order valence-corrected chi connectivity index (χ0v) is 11.2. The molecule has 2 N–H and O–H groups in total. The van der Waals surface area contributed by atoms with Gasteiger partial charge < -0.3 is 15.0 Å². The molecule has 18 heavy (non-hydrogen) atoms. The number of rotatable bonds is 7. The third-order valence-electron chi connectivity index (χ3n) is 3.79. The van der Waals surface area contributed by atoms with Gasteiger partial charge in [0.1, 0.15) is 12.2 Å². The molecule has 1 aliphatic carbocycles. The first-order chi connectivity index (χ1) is 8.75. The van der Waals surface area contributed by atoms with Crippen molar-refractivity contribution in [1.29, 1.82) is 0 Å². The van der Waals surface area contributed by atoms with E-state index in [2.05, 4.69) is 15.5 Å². The number of aliphatic hydroxyl groups excluding tert-OH is 1. The predicted octanol–water partition coefficient (Wildman–Crippen LogP) is 0.888. The van der Waals surface area contributed by atoms with E-state index < -0.39 is 0 Å². The van der Waals surface area contributed by atoms with Crippen molar-refractivity contribution in [3.05, 3.63) is 12.2 Å². The number of hydrogen-bond donors (Lipinski definition) is 2. The molecule has 1 saturated carbocycles. The fourth-order valence-corrected chi connectivity index (χ4v) is 2.72.